The molecule has 3 aromatic rings. The molecule has 2 N–H and O–H groups in total. The first-order chi connectivity index (χ1) is 14.5. The Balaban J connectivity index is 1.46. The first-order valence-corrected chi connectivity index (χ1v) is 10.2. The number of fused-ring (bicyclic) bond motifs is 1. The van der Waals surface area contributed by atoms with Crippen LogP contribution in [0, 0.1) is 0 Å². The number of imidazole rings is 1. The summed E-state index contributed by atoms with van der Waals surface area (Å²) < 4.78 is 1.30. The number of para-hydroxylation sites is 2. The van der Waals surface area contributed by atoms with Crippen LogP contribution in [0.5, 0.6) is 0 Å². The van der Waals surface area contributed by atoms with Gasteiger partial charge in [-0.1, -0.05) is 12.1 Å². The average molecular weight is 407 g/mol. The molecule has 1 aliphatic rings. The van der Waals surface area contributed by atoms with Crippen LogP contribution >= 0.6 is 0 Å². The second kappa shape index (κ2) is 8.52. The average Bonchev–Trinajstić information content (AvgIpc) is 3.20. The van der Waals surface area contributed by atoms with Gasteiger partial charge in [0.2, 0.25) is 5.91 Å². The Morgan fingerprint density at radius 3 is 2.67 bits per heavy atom. The zero-order valence-electron chi connectivity index (χ0n) is 16.9. The van der Waals surface area contributed by atoms with Crippen molar-refractivity contribution >= 4 is 22.8 Å². The lowest BCUT2D eigenvalue weighted by atomic mass is 10.1. The third kappa shape index (κ3) is 4.27. The number of carbonyl (C=O) groups excluding carboxylic acids is 2. The van der Waals surface area contributed by atoms with Gasteiger partial charge in [0.1, 0.15) is 12.4 Å². The van der Waals surface area contributed by atoms with Gasteiger partial charge in [0.05, 0.1) is 22.6 Å². The van der Waals surface area contributed by atoms with Crippen LogP contribution < -0.4 is 10.9 Å². The lowest BCUT2D eigenvalue weighted by Crippen LogP contribution is -2.39. The van der Waals surface area contributed by atoms with Crippen LogP contribution in [0.3, 0.4) is 0 Å². The van der Waals surface area contributed by atoms with E-state index in [9.17, 15) is 14.4 Å². The van der Waals surface area contributed by atoms with Crippen molar-refractivity contribution in [3.05, 3.63) is 64.3 Å². The number of hydrogen-bond acceptors (Lipinski definition) is 4. The molecule has 30 heavy (non-hydrogen) atoms. The monoisotopic (exact) mass is 407 g/mol. The minimum atomic E-state index is -0.347. The highest BCUT2D eigenvalue weighted by atomic mass is 16.2. The summed E-state index contributed by atoms with van der Waals surface area (Å²) in [6.45, 7) is 3.23. The molecule has 1 saturated heterocycles. The number of carbonyl (C=O) groups is 2. The number of aromatic amines is 1. The topological polar surface area (TPSA) is 100 Å². The fourth-order valence-corrected chi connectivity index (χ4v) is 3.70. The summed E-state index contributed by atoms with van der Waals surface area (Å²) in [5, 5.41) is 2.89. The maximum atomic E-state index is 12.7. The molecule has 156 valence electrons. The molecule has 1 aliphatic heterocycles. The molecular weight excluding hydrogens is 382 g/mol. The Bertz CT molecular complexity index is 1090. The van der Waals surface area contributed by atoms with Crippen molar-refractivity contribution in [2.75, 3.05) is 13.1 Å². The largest absolute Gasteiger partial charge is 0.342 e. The van der Waals surface area contributed by atoms with Crippen LogP contribution in [-0.2, 0) is 11.3 Å². The van der Waals surface area contributed by atoms with E-state index < -0.39 is 0 Å². The van der Waals surface area contributed by atoms with E-state index in [2.05, 4.69) is 15.3 Å². The van der Waals surface area contributed by atoms with E-state index in [0.717, 1.165) is 43.4 Å². The van der Waals surface area contributed by atoms with Gasteiger partial charge in [-0.25, -0.2) is 4.98 Å². The van der Waals surface area contributed by atoms with E-state index in [1.54, 1.807) is 4.90 Å². The van der Waals surface area contributed by atoms with Crippen LogP contribution in [0.25, 0.3) is 11.0 Å². The van der Waals surface area contributed by atoms with Gasteiger partial charge in [-0.2, -0.15) is 0 Å². The molecule has 1 fully saturated rings. The van der Waals surface area contributed by atoms with Crippen LogP contribution in [0.4, 0.5) is 0 Å². The van der Waals surface area contributed by atoms with E-state index >= 15 is 0 Å². The lowest BCUT2D eigenvalue weighted by Gasteiger charge is -2.27. The Morgan fingerprint density at radius 2 is 1.90 bits per heavy atom. The highest BCUT2D eigenvalue weighted by Gasteiger charge is 2.19. The van der Waals surface area contributed by atoms with Crippen LogP contribution in [0.1, 0.15) is 48.4 Å². The highest BCUT2D eigenvalue weighted by Crippen LogP contribution is 2.16. The molecule has 8 heteroatoms. The van der Waals surface area contributed by atoms with Crippen molar-refractivity contribution < 1.29 is 9.59 Å². The zero-order chi connectivity index (χ0) is 21.1. The number of likely N-dealkylation sites (tertiary alicyclic amines) is 1. The Labute approximate surface area is 173 Å². The summed E-state index contributed by atoms with van der Waals surface area (Å²) in [5.74, 6) is 0.227. The number of benzene rings is 1. The Morgan fingerprint density at radius 1 is 1.13 bits per heavy atom. The molecule has 0 spiro atoms. The number of nitrogens with one attached hydrogen (secondary N) is 2. The lowest BCUT2D eigenvalue weighted by molar-refractivity contribution is -0.132. The summed E-state index contributed by atoms with van der Waals surface area (Å²) in [6.07, 6.45) is 4.55. The molecule has 1 aromatic carbocycles. The second-order valence-electron chi connectivity index (χ2n) is 7.66. The first kappa shape index (κ1) is 19.9. The number of pyridine rings is 1. The number of amides is 2. The maximum Gasteiger partial charge on any atom is 0.253 e. The van der Waals surface area contributed by atoms with Crippen LogP contribution in [0.15, 0.2) is 47.4 Å². The number of nitrogens with zero attached hydrogens (tertiary/aromatic N) is 3. The SMILES string of the molecule is C[C@H](NC(=O)c1ccc(=O)n(CC(=O)N2CCCCC2)c1)c1nc2ccccc2[nH]1. The molecule has 0 aliphatic carbocycles. The van der Waals surface area contributed by atoms with Gasteiger partial charge in [-0.05, 0) is 44.4 Å². The van der Waals surface area contributed by atoms with Gasteiger partial charge in [0.25, 0.3) is 11.5 Å². The summed E-state index contributed by atoms with van der Waals surface area (Å²) in [5.41, 5.74) is 1.75. The minimum absolute atomic E-state index is 0.0565. The van der Waals surface area contributed by atoms with Gasteiger partial charge in [-0.3, -0.25) is 14.4 Å². The zero-order valence-corrected chi connectivity index (χ0v) is 16.9. The molecule has 2 aromatic heterocycles. The van der Waals surface area contributed by atoms with Crippen molar-refractivity contribution in [3.8, 4) is 0 Å². The maximum absolute atomic E-state index is 12.7. The third-order valence-corrected chi connectivity index (χ3v) is 5.43. The third-order valence-electron chi connectivity index (χ3n) is 5.43. The number of piperidine rings is 1. The molecule has 3 heterocycles. The van der Waals surface area contributed by atoms with Crippen LogP contribution in [0.2, 0.25) is 0 Å². The highest BCUT2D eigenvalue weighted by molar-refractivity contribution is 5.94. The minimum Gasteiger partial charge on any atom is -0.342 e. The van der Waals surface area contributed by atoms with Gasteiger partial charge in [0, 0.05) is 25.4 Å². The molecule has 0 saturated carbocycles. The number of hydrogen-bond donors (Lipinski definition) is 2. The summed E-state index contributed by atoms with van der Waals surface area (Å²) in [4.78, 5) is 46.9. The molecule has 2 amide bonds. The van der Waals surface area contributed by atoms with E-state index in [0.29, 0.717) is 11.4 Å². The fourth-order valence-electron chi connectivity index (χ4n) is 3.70. The van der Waals surface area contributed by atoms with Gasteiger partial charge in [-0.15, -0.1) is 0 Å². The summed E-state index contributed by atoms with van der Waals surface area (Å²) >= 11 is 0. The van der Waals surface area contributed by atoms with E-state index in [4.69, 9.17) is 0 Å². The Hall–Kier alpha value is -3.42. The van der Waals surface area contributed by atoms with E-state index in [1.165, 1.54) is 22.9 Å². The van der Waals surface area contributed by atoms with Gasteiger partial charge in [0.15, 0.2) is 0 Å². The van der Waals surface area contributed by atoms with Gasteiger partial charge < -0.3 is 19.8 Å². The predicted octanol–water partition coefficient (Wildman–Crippen LogP) is 2.23. The van der Waals surface area contributed by atoms with E-state index in [-0.39, 0.29) is 30.0 Å². The Kier molecular flexibility index (Phi) is 5.65. The number of H-pyrrole nitrogens is 1. The van der Waals surface area contributed by atoms with Crippen LogP contribution in [-0.4, -0.2) is 44.3 Å². The summed E-state index contributed by atoms with van der Waals surface area (Å²) in [6, 6.07) is 10.1. The molecule has 0 bridgehead atoms. The predicted molar refractivity (Wildman–Crippen MR) is 113 cm³/mol. The molecule has 0 unspecified atom stereocenters. The molecular formula is C22H25N5O3. The second-order valence-corrected chi connectivity index (χ2v) is 7.66. The standard InChI is InChI=1S/C22H25N5O3/c1-15(21-24-17-7-3-4-8-18(17)25-21)23-22(30)16-9-10-19(28)27(13-16)14-20(29)26-11-5-2-6-12-26/h3-4,7-10,13,15H,2,5-6,11-12,14H2,1H3,(H,23,30)(H,24,25)/t15-/m0/s1. The first-order valence-electron chi connectivity index (χ1n) is 10.2. The number of aromatic nitrogens is 3. The normalized spacial score (nSPS) is 15.2. The smallest absolute Gasteiger partial charge is 0.253 e. The molecule has 1 atom stereocenters. The quantitative estimate of drug-likeness (QED) is 0.677. The van der Waals surface area contributed by atoms with Crippen molar-refractivity contribution in [1.82, 2.24) is 24.8 Å². The molecule has 4 rings (SSSR count). The molecule has 0 radical (unpaired) electrons. The van der Waals surface area contributed by atoms with Crippen molar-refractivity contribution in [3.63, 3.8) is 0 Å². The fraction of sp³-hybridized carbons (Fsp3) is 0.364. The summed E-state index contributed by atoms with van der Waals surface area (Å²) in [7, 11) is 0. The van der Waals surface area contributed by atoms with Crippen molar-refractivity contribution in [1.29, 1.82) is 0 Å². The molecule has 8 nitrogen and oxygen atoms in total. The van der Waals surface area contributed by atoms with E-state index in [1.807, 2.05) is 31.2 Å². The van der Waals surface area contributed by atoms with Gasteiger partial charge >= 0.3 is 0 Å². The van der Waals surface area contributed by atoms with Crippen molar-refractivity contribution in [2.45, 2.75) is 38.8 Å². The number of rotatable bonds is 5. The van der Waals surface area contributed by atoms with Crippen molar-refractivity contribution in [2.24, 2.45) is 0 Å².